The van der Waals surface area contributed by atoms with Gasteiger partial charge in [0.15, 0.2) is 0 Å². The maximum atomic E-state index is 9.37. The molecule has 1 atom stereocenters. The van der Waals surface area contributed by atoms with Crippen LogP contribution in [0.15, 0.2) is 24.3 Å². The average Bonchev–Trinajstić information content (AvgIpc) is 2.40. The molecule has 0 spiro atoms. The Morgan fingerprint density at radius 2 is 1.78 bits per heavy atom. The fourth-order valence-corrected chi connectivity index (χ4v) is 1.18. The van der Waals surface area contributed by atoms with E-state index in [4.69, 9.17) is 16.6 Å². The summed E-state index contributed by atoms with van der Waals surface area (Å²) in [6.07, 6.45) is -0.0357. The van der Waals surface area contributed by atoms with Crippen LogP contribution in [0.5, 0.6) is 0 Å². The summed E-state index contributed by atoms with van der Waals surface area (Å²) in [5.41, 5.74) is 17.7. The molecule has 6 nitrogen and oxygen atoms in total. The van der Waals surface area contributed by atoms with Crippen molar-refractivity contribution in [2.75, 3.05) is 13.7 Å². The Bertz CT molecular complexity index is 341. The maximum absolute atomic E-state index is 9.37. The largest absolute Gasteiger partial charge is 0.453 e. The SMILES string of the molecule is COC(N)=O.NCc1ccc(C[C@@H](N)CO)cc1. The highest BCUT2D eigenvalue weighted by Crippen LogP contribution is 2.05. The topological polar surface area (TPSA) is 125 Å². The number of amides is 1. The summed E-state index contributed by atoms with van der Waals surface area (Å²) in [5.74, 6) is 0. The number of carbonyl (C=O) groups is 1. The quantitative estimate of drug-likeness (QED) is 0.589. The van der Waals surface area contributed by atoms with Gasteiger partial charge in [0.05, 0.1) is 13.7 Å². The molecule has 102 valence electrons. The third-order valence-corrected chi connectivity index (χ3v) is 2.19. The van der Waals surface area contributed by atoms with Gasteiger partial charge in [0.2, 0.25) is 0 Å². The minimum atomic E-state index is -0.745. The van der Waals surface area contributed by atoms with Crippen molar-refractivity contribution < 1.29 is 14.6 Å². The standard InChI is InChI=1S/C10H16N2O.C2H5NO2/c11-6-9-3-1-8(2-4-9)5-10(12)7-13;1-5-2(3)4/h1-4,10,13H,5-7,11-12H2;1H3,(H2,3,4)/t10-;/m1./s1. The van der Waals surface area contributed by atoms with E-state index in [9.17, 15) is 4.79 Å². The van der Waals surface area contributed by atoms with Crippen LogP contribution in [0.4, 0.5) is 4.79 Å². The van der Waals surface area contributed by atoms with Crippen LogP contribution in [0.2, 0.25) is 0 Å². The summed E-state index contributed by atoms with van der Waals surface area (Å²) in [6, 6.07) is 7.80. The Labute approximate surface area is 107 Å². The molecule has 0 saturated carbocycles. The van der Waals surface area contributed by atoms with Crippen LogP contribution < -0.4 is 17.2 Å². The van der Waals surface area contributed by atoms with Crippen LogP contribution in [0.25, 0.3) is 0 Å². The minimum Gasteiger partial charge on any atom is -0.453 e. The van der Waals surface area contributed by atoms with E-state index in [0.717, 1.165) is 11.1 Å². The van der Waals surface area contributed by atoms with Gasteiger partial charge in [0.1, 0.15) is 0 Å². The molecule has 0 fully saturated rings. The zero-order valence-corrected chi connectivity index (χ0v) is 10.5. The van der Waals surface area contributed by atoms with Crippen LogP contribution in [-0.2, 0) is 17.7 Å². The number of nitrogens with two attached hydrogens (primary N) is 3. The molecule has 18 heavy (non-hydrogen) atoms. The van der Waals surface area contributed by atoms with Gasteiger partial charge in [-0.15, -0.1) is 0 Å². The lowest BCUT2D eigenvalue weighted by atomic mass is 10.1. The van der Waals surface area contributed by atoms with Crippen LogP contribution in [0.3, 0.4) is 0 Å². The highest BCUT2D eigenvalue weighted by molar-refractivity contribution is 5.64. The third-order valence-electron chi connectivity index (χ3n) is 2.19. The van der Waals surface area contributed by atoms with Crippen molar-refractivity contribution in [2.24, 2.45) is 17.2 Å². The first-order valence-electron chi connectivity index (χ1n) is 5.51. The monoisotopic (exact) mass is 255 g/mol. The van der Waals surface area contributed by atoms with Gasteiger partial charge in [-0.05, 0) is 17.5 Å². The molecule has 7 N–H and O–H groups in total. The average molecular weight is 255 g/mol. The van der Waals surface area contributed by atoms with E-state index < -0.39 is 6.09 Å². The lowest BCUT2D eigenvalue weighted by Gasteiger charge is -2.07. The molecule has 0 aliphatic rings. The van der Waals surface area contributed by atoms with E-state index in [1.165, 1.54) is 7.11 Å². The summed E-state index contributed by atoms with van der Waals surface area (Å²) in [7, 11) is 1.22. The first kappa shape index (κ1) is 16.4. The molecule has 1 rings (SSSR count). The van der Waals surface area contributed by atoms with Gasteiger partial charge in [0, 0.05) is 12.6 Å². The van der Waals surface area contributed by atoms with E-state index in [-0.39, 0.29) is 12.6 Å². The second kappa shape index (κ2) is 9.41. The van der Waals surface area contributed by atoms with Gasteiger partial charge in [-0.2, -0.15) is 0 Å². The second-order valence-corrected chi connectivity index (χ2v) is 3.69. The Balaban J connectivity index is 0.000000494. The lowest BCUT2D eigenvalue weighted by Crippen LogP contribution is -2.26. The Morgan fingerprint density at radius 1 is 1.33 bits per heavy atom. The third kappa shape index (κ3) is 7.61. The van der Waals surface area contributed by atoms with Crippen molar-refractivity contribution in [2.45, 2.75) is 19.0 Å². The van der Waals surface area contributed by atoms with Crippen LogP contribution in [-0.4, -0.2) is 31.0 Å². The van der Waals surface area contributed by atoms with E-state index in [0.29, 0.717) is 13.0 Å². The number of benzene rings is 1. The van der Waals surface area contributed by atoms with Gasteiger partial charge >= 0.3 is 6.09 Å². The minimum absolute atomic E-state index is 0.0264. The lowest BCUT2D eigenvalue weighted by molar-refractivity contribution is 0.182. The van der Waals surface area contributed by atoms with Crippen molar-refractivity contribution in [1.29, 1.82) is 0 Å². The molecule has 0 radical (unpaired) electrons. The zero-order chi connectivity index (χ0) is 14.0. The first-order chi connectivity index (χ1) is 8.53. The van der Waals surface area contributed by atoms with E-state index in [2.05, 4.69) is 10.5 Å². The van der Waals surface area contributed by atoms with Crippen molar-refractivity contribution >= 4 is 6.09 Å². The van der Waals surface area contributed by atoms with Gasteiger partial charge < -0.3 is 27.0 Å². The fourth-order valence-electron chi connectivity index (χ4n) is 1.18. The number of methoxy groups -OCH3 is 1. The highest BCUT2D eigenvalue weighted by Gasteiger charge is 2.01. The molecular weight excluding hydrogens is 234 g/mol. The smallest absolute Gasteiger partial charge is 0.404 e. The molecule has 0 aliphatic carbocycles. The molecule has 0 aromatic heterocycles. The summed E-state index contributed by atoms with van der Waals surface area (Å²) < 4.78 is 3.89. The molecule has 1 amide bonds. The Kier molecular flexibility index (Phi) is 8.55. The van der Waals surface area contributed by atoms with Gasteiger partial charge in [0.25, 0.3) is 0 Å². The predicted molar refractivity (Wildman–Crippen MR) is 69.7 cm³/mol. The number of hydrogen-bond acceptors (Lipinski definition) is 5. The van der Waals surface area contributed by atoms with E-state index in [1.807, 2.05) is 24.3 Å². The first-order valence-corrected chi connectivity index (χ1v) is 5.51. The summed E-state index contributed by atoms with van der Waals surface area (Å²) in [5, 5.41) is 8.75. The molecule has 1 aromatic rings. The normalized spacial score (nSPS) is 11.1. The van der Waals surface area contributed by atoms with E-state index >= 15 is 0 Å². The molecule has 6 heteroatoms. The van der Waals surface area contributed by atoms with Crippen molar-refractivity contribution in [3.05, 3.63) is 35.4 Å². The highest BCUT2D eigenvalue weighted by atomic mass is 16.5. The zero-order valence-electron chi connectivity index (χ0n) is 10.5. The molecule has 1 aromatic carbocycles. The number of hydrogen-bond donors (Lipinski definition) is 4. The van der Waals surface area contributed by atoms with Gasteiger partial charge in [-0.25, -0.2) is 4.79 Å². The maximum Gasteiger partial charge on any atom is 0.404 e. The molecule has 0 saturated heterocycles. The Morgan fingerprint density at radius 3 is 2.11 bits per heavy atom. The second-order valence-electron chi connectivity index (χ2n) is 3.69. The molecular formula is C12H21N3O3. The summed E-state index contributed by atoms with van der Waals surface area (Å²) in [6.45, 7) is 0.588. The van der Waals surface area contributed by atoms with Crippen molar-refractivity contribution in [3.8, 4) is 0 Å². The van der Waals surface area contributed by atoms with Gasteiger partial charge in [-0.3, -0.25) is 0 Å². The van der Waals surface area contributed by atoms with E-state index in [1.54, 1.807) is 0 Å². The Hall–Kier alpha value is -1.63. The van der Waals surface area contributed by atoms with Crippen LogP contribution in [0, 0.1) is 0 Å². The predicted octanol–water partition coefficient (Wildman–Crippen LogP) is -0.281. The number of primary amides is 1. The van der Waals surface area contributed by atoms with Crippen LogP contribution >= 0.6 is 0 Å². The number of carbonyl (C=O) groups excluding carboxylic acids is 1. The van der Waals surface area contributed by atoms with Crippen molar-refractivity contribution in [1.82, 2.24) is 0 Å². The molecule has 0 aliphatic heterocycles. The number of aliphatic hydroxyl groups excluding tert-OH is 1. The molecule has 0 heterocycles. The van der Waals surface area contributed by atoms with Crippen LogP contribution in [0.1, 0.15) is 11.1 Å². The fraction of sp³-hybridized carbons (Fsp3) is 0.417. The van der Waals surface area contributed by atoms with Gasteiger partial charge in [-0.1, -0.05) is 24.3 Å². The number of rotatable bonds is 4. The number of ether oxygens (including phenoxy) is 1. The summed E-state index contributed by atoms with van der Waals surface area (Å²) in [4.78, 5) is 9.37. The molecule has 0 bridgehead atoms. The molecule has 0 unspecified atom stereocenters. The number of aliphatic hydroxyl groups is 1. The van der Waals surface area contributed by atoms with Crippen molar-refractivity contribution in [3.63, 3.8) is 0 Å². The summed E-state index contributed by atoms with van der Waals surface area (Å²) >= 11 is 0.